The van der Waals surface area contributed by atoms with Crippen LogP contribution in [0.4, 0.5) is 0 Å². The van der Waals surface area contributed by atoms with E-state index in [9.17, 15) is 4.79 Å². The lowest BCUT2D eigenvalue weighted by Gasteiger charge is -2.26. The van der Waals surface area contributed by atoms with Gasteiger partial charge in [0, 0.05) is 31.1 Å². The number of fused-ring (bicyclic) bond motifs is 1. The molecule has 3 nitrogen and oxygen atoms in total. The van der Waals surface area contributed by atoms with E-state index in [0.29, 0.717) is 0 Å². The molecule has 0 radical (unpaired) electrons. The fraction of sp³-hybridized carbons (Fsp3) is 0.615. The Morgan fingerprint density at radius 1 is 1.24 bits per heavy atom. The Bertz CT molecular complexity index is 398. The largest absolute Gasteiger partial charge is 0.335 e. The van der Waals surface area contributed by atoms with E-state index in [1.165, 1.54) is 36.1 Å². The number of aryl methyl sites for hydroxylation is 2. The Hall–Kier alpha value is -0.870. The van der Waals surface area contributed by atoms with Crippen LogP contribution < -0.4 is 5.32 Å². The number of thiophene rings is 1. The van der Waals surface area contributed by atoms with E-state index >= 15 is 0 Å². The standard InChI is InChI=1S/C13H18N2OS/c16-13(15-7-5-14-6-8-15)12-9-10-3-1-2-4-11(10)17-12/h9,14H,1-8H2. The zero-order valence-electron chi connectivity index (χ0n) is 10.00. The highest BCUT2D eigenvalue weighted by molar-refractivity contribution is 7.14. The summed E-state index contributed by atoms with van der Waals surface area (Å²) in [5.74, 6) is 0.242. The van der Waals surface area contributed by atoms with Crippen LogP contribution >= 0.6 is 11.3 Å². The van der Waals surface area contributed by atoms with Gasteiger partial charge >= 0.3 is 0 Å². The van der Waals surface area contributed by atoms with Crippen LogP contribution in [-0.4, -0.2) is 37.0 Å². The van der Waals surface area contributed by atoms with Crippen LogP contribution in [-0.2, 0) is 12.8 Å². The van der Waals surface area contributed by atoms with Crippen molar-refractivity contribution in [3.63, 3.8) is 0 Å². The molecule has 2 heterocycles. The Morgan fingerprint density at radius 3 is 2.76 bits per heavy atom. The van der Waals surface area contributed by atoms with E-state index in [1.54, 1.807) is 11.3 Å². The highest BCUT2D eigenvalue weighted by Gasteiger charge is 2.22. The number of nitrogens with one attached hydrogen (secondary N) is 1. The van der Waals surface area contributed by atoms with Gasteiger partial charge in [-0.25, -0.2) is 0 Å². The van der Waals surface area contributed by atoms with Crippen molar-refractivity contribution in [1.29, 1.82) is 0 Å². The zero-order chi connectivity index (χ0) is 11.7. The molecule has 0 aromatic carbocycles. The first-order valence-electron chi connectivity index (χ1n) is 6.46. The van der Waals surface area contributed by atoms with E-state index in [4.69, 9.17) is 0 Å². The van der Waals surface area contributed by atoms with Crippen molar-refractivity contribution in [1.82, 2.24) is 10.2 Å². The molecule has 3 rings (SSSR count). The molecule has 1 aromatic rings. The molecule has 1 N–H and O–H groups in total. The lowest BCUT2D eigenvalue weighted by Crippen LogP contribution is -2.46. The Labute approximate surface area is 106 Å². The number of amides is 1. The van der Waals surface area contributed by atoms with Crippen LogP contribution in [0.5, 0.6) is 0 Å². The molecule has 0 atom stereocenters. The number of hydrogen-bond donors (Lipinski definition) is 1. The minimum atomic E-state index is 0.242. The number of hydrogen-bond acceptors (Lipinski definition) is 3. The van der Waals surface area contributed by atoms with Crippen LogP contribution in [0.2, 0.25) is 0 Å². The van der Waals surface area contributed by atoms with Gasteiger partial charge in [0.05, 0.1) is 4.88 Å². The van der Waals surface area contributed by atoms with Gasteiger partial charge in [-0.15, -0.1) is 11.3 Å². The molecule has 1 aliphatic heterocycles. The molecule has 0 unspecified atom stereocenters. The molecule has 17 heavy (non-hydrogen) atoms. The van der Waals surface area contributed by atoms with Gasteiger partial charge in [0.1, 0.15) is 0 Å². The molecule has 1 fully saturated rings. The average molecular weight is 250 g/mol. The Kier molecular flexibility index (Phi) is 3.16. The highest BCUT2D eigenvalue weighted by Crippen LogP contribution is 2.30. The summed E-state index contributed by atoms with van der Waals surface area (Å²) >= 11 is 1.73. The molecule has 0 bridgehead atoms. The Balaban J connectivity index is 1.78. The SMILES string of the molecule is O=C(c1cc2c(s1)CCCC2)N1CCNCC1. The van der Waals surface area contributed by atoms with Crippen molar-refractivity contribution in [2.75, 3.05) is 26.2 Å². The third kappa shape index (κ3) is 2.24. The fourth-order valence-electron chi connectivity index (χ4n) is 2.62. The van der Waals surface area contributed by atoms with Gasteiger partial charge in [-0.1, -0.05) is 0 Å². The van der Waals surface area contributed by atoms with E-state index in [2.05, 4.69) is 11.4 Å². The predicted octanol–water partition coefficient (Wildman–Crippen LogP) is 1.67. The van der Waals surface area contributed by atoms with E-state index in [-0.39, 0.29) is 5.91 Å². The lowest BCUT2D eigenvalue weighted by atomic mass is 9.99. The second-order valence-corrected chi connectivity index (χ2v) is 5.95. The van der Waals surface area contributed by atoms with Crippen LogP contribution in [0.25, 0.3) is 0 Å². The second kappa shape index (κ2) is 4.78. The molecule has 1 amide bonds. The summed E-state index contributed by atoms with van der Waals surface area (Å²) in [5.41, 5.74) is 1.43. The summed E-state index contributed by atoms with van der Waals surface area (Å²) in [6.07, 6.45) is 4.91. The molecular formula is C13H18N2OS. The van der Waals surface area contributed by atoms with Crippen LogP contribution in [0.3, 0.4) is 0 Å². The number of carbonyl (C=O) groups excluding carboxylic acids is 1. The van der Waals surface area contributed by atoms with Gasteiger partial charge in [-0.05, 0) is 37.3 Å². The summed E-state index contributed by atoms with van der Waals surface area (Å²) in [4.78, 5) is 16.7. The molecule has 1 saturated heterocycles. The van der Waals surface area contributed by atoms with Crippen molar-refractivity contribution in [2.45, 2.75) is 25.7 Å². The van der Waals surface area contributed by atoms with E-state index in [1.807, 2.05) is 4.90 Å². The normalized spacial score (nSPS) is 20.1. The second-order valence-electron chi connectivity index (χ2n) is 4.81. The molecule has 92 valence electrons. The summed E-state index contributed by atoms with van der Waals surface area (Å²) < 4.78 is 0. The predicted molar refractivity (Wildman–Crippen MR) is 69.7 cm³/mol. The first kappa shape index (κ1) is 11.2. The first-order valence-corrected chi connectivity index (χ1v) is 7.28. The molecule has 0 saturated carbocycles. The van der Waals surface area contributed by atoms with E-state index in [0.717, 1.165) is 31.1 Å². The molecular weight excluding hydrogens is 232 g/mol. The summed E-state index contributed by atoms with van der Waals surface area (Å²) in [5, 5.41) is 3.28. The van der Waals surface area contributed by atoms with Gasteiger partial charge in [-0.2, -0.15) is 0 Å². The van der Waals surface area contributed by atoms with Crippen LogP contribution in [0.1, 0.15) is 33.0 Å². The van der Waals surface area contributed by atoms with Gasteiger partial charge in [0.15, 0.2) is 0 Å². The maximum absolute atomic E-state index is 12.3. The van der Waals surface area contributed by atoms with Gasteiger partial charge in [-0.3, -0.25) is 4.79 Å². The topological polar surface area (TPSA) is 32.3 Å². The minimum Gasteiger partial charge on any atom is -0.335 e. The summed E-state index contributed by atoms with van der Waals surface area (Å²) in [6.45, 7) is 3.55. The monoisotopic (exact) mass is 250 g/mol. The quantitative estimate of drug-likeness (QED) is 0.822. The molecule has 1 aromatic heterocycles. The molecule has 4 heteroatoms. The summed E-state index contributed by atoms with van der Waals surface area (Å²) in [6, 6.07) is 2.14. The molecule has 2 aliphatic rings. The number of carbonyl (C=O) groups is 1. The van der Waals surface area contributed by atoms with Crippen molar-refractivity contribution >= 4 is 17.2 Å². The number of piperazine rings is 1. The Morgan fingerprint density at radius 2 is 2.00 bits per heavy atom. The van der Waals surface area contributed by atoms with Crippen LogP contribution in [0.15, 0.2) is 6.07 Å². The summed E-state index contributed by atoms with van der Waals surface area (Å²) in [7, 11) is 0. The molecule has 0 spiro atoms. The van der Waals surface area contributed by atoms with Crippen molar-refractivity contribution in [2.24, 2.45) is 0 Å². The van der Waals surface area contributed by atoms with Crippen LogP contribution in [0, 0.1) is 0 Å². The third-order valence-corrected chi connectivity index (χ3v) is 4.84. The average Bonchev–Trinajstić information content (AvgIpc) is 2.82. The van der Waals surface area contributed by atoms with Gasteiger partial charge < -0.3 is 10.2 Å². The molecule has 1 aliphatic carbocycles. The first-order chi connectivity index (χ1) is 8.34. The minimum absolute atomic E-state index is 0.242. The van der Waals surface area contributed by atoms with Gasteiger partial charge in [0.2, 0.25) is 0 Å². The maximum Gasteiger partial charge on any atom is 0.264 e. The zero-order valence-corrected chi connectivity index (χ0v) is 10.8. The maximum atomic E-state index is 12.3. The van der Waals surface area contributed by atoms with Gasteiger partial charge in [0.25, 0.3) is 5.91 Å². The highest BCUT2D eigenvalue weighted by atomic mass is 32.1. The van der Waals surface area contributed by atoms with E-state index < -0.39 is 0 Å². The number of nitrogens with zero attached hydrogens (tertiary/aromatic N) is 1. The van der Waals surface area contributed by atoms with Crippen molar-refractivity contribution in [3.05, 3.63) is 21.4 Å². The number of rotatable bonds is 1. The fourth-order valence-corrected chi connectivity index (χ4v) is 3.84. The van der Waals surface area contributed by atoms with Crippen molar-refractivity contribution < 1.29 is 4.79 Å². The third-order valence-electron chi connectivity index (χ3n) is 3.61. The van der Waals surface area contributed by atoms with Crippen molar-refractivity contribution in [3.8, 4) is 0 Å². The smallest absolute Gasteiger partial charge is 0.264 e. The lowest BCUT2D eigenvalue weighted by molar-refractivity contribution is 0.0740.